The van der Waals surface area contributed by atoms with Crippen LogP contribution in [0.3, 0.4) is 0 Å². The van der Waals surface area contributed by atoms with Crippen LogP contribution in [0.5, 0.6) is 0 Å². The van der Waals surface area contributed by atoms with E-state index in [1.807, 2.05) is 24.3 Å². The first kappa shape index (κ1) is 13.9. The van der Waals surface area contributed by atoms with Crippen molar-refractivity contribution in [2.75, 3.05) is 11.9 Å². The summed E-state index contributed by atoms with van der Waals surface area (Å²) in [5.74, 6) is 0.789. The van der Waals surface area contributed by atoms with Crippen LogP contribution in [0.4, 0.5) is 5.69 Å². The van der Waals surface area contributed by atoms with Gasteiger partial charge in [0.05, 0.1) is 5.56 Å². The van der Waals surface area contributed by atoms with Gasteiger partial charge in [0.25, 0.3) is 5.91 Å². The largest absolute Gasteiger partial charge is 0.384 e. The molecule has 1 aromatic carbocycles. The van der Waals surface area contributed by atoms with Crippen molar-refractivity contribution in [1.82, 2.24) is 5.32 Å². The number of carbonyl (C=O) groups is 1. The van der Waals surface area contributed by atoms with Crippen molar-refractivity contribution in [3.63, 3.8) is 0 Å². The van der Waals surface area contributed by atoms with E-state index < -0.39 is 0 Å². The van der Waals surface area contributed by atoms with Crippen molar-refractivity contribution in [2.24, 2.45) is 5.92 Å². The van der Waals surface area contributed by atoms with Gasteiger partial charge in [0.1, 0.15) is 0 Å². The Hall–Kier alpha value is -1.51. The zero-order valence-electron chi connectivity index (χ0n) is 11.9. The Balaban J connectivity index is 2.01. The van der Waals surface area contributed by atoms with Crippen LogP contribution in [0.1, 0.15) is 49.9 Å². The first-order valence-electron chi connectivity index (χ1n) is 7.34. The van der Waals surface area contributed by atoms with E-state index in [2.05, 4.69) is 24.5 Å². The molecule has 0 saturated heterocycles. The summed E-state index contributed by atoms with van der Waals surface area (Å²) in [7, 11) is 0. The molecule has 2 unspecified atom stereocenters. The summed E-state index contributed by atoms with van der Waals surface area (Å²) in [6.45, 7) is 5.27. The average Bonchev–Trinajstić information content (AvgIpc) is 2.82. The molecule has 2 atom stereocenters. The van der Waals surface area contributed by atoms with Crippen molar-refractivity contribution in [2.45, 2.75) is 45.6 Å². The number of nitrogens with one attached hydrogen (secondary N) is 2. The molecule has 0 heterocycles. The third-order valence-electron chi connectivity index (χ3n) is 3.77. The van der Waals surface area contributed by atoms with E-state index in [1.54, 1.807) is 0 Å². The predicted octanol–water partition coefficient (Wildman–Crippen LogP) is 3.43. The van der Waals surface area contributed by atoms with E-state index in [0.29, 0.717) is 6.04 Å². The number of benzene rings is 1. The Morgan fingerprint density at radius 1 is 1.32 bits per heavy atom. The smallest absolute Gasteiger partial charge is 0.253 e. The standard InChI is InChI=1S/C16H24N2O/c1-3-10-17-15-7-5-4-6-14(15)16(19)18-13-9-8-12(2)11-13/h4-7,12-13,17H,3,8-11H2,1-2H3,(H,18,19). The predicted molar refractivity (Wildman–Crippen MR) is 79.5 cm³/mol. The van der Waals surface area contributed by atoms with Crippen LogP contribution in [0, 0.1) is 5.92 Å². The molecule has 2 N–H and O–H groups in total. The number of rotatable bonds is 5. The van der Waals surface area contributed by atoms with Gasteiger partial charge in [-0.05, 0) is 43.7 Å². The van der Waals surface area contributed by atoms with E-state index in [9.17, 15) is 4.79 Å². The van der Waals surface area contributed by atoms with Gasteiger partial charge < -0.3 is 10.6 Å². The van der Waals surface area contributed by atoms with Crippen LogP contribution in [0.15, 0.2) is 24.3 Å². The van der Waals surface area contributed by atoms with Gasteiger partial charge in [-0.2, -0.15) is 0 Å². The summed E-state index contributed by atoms with van der Waals surface area (Å²) in [6.07, 6.45) is 4.49. The molecule has 3 nitrogen and oxygen atoms in total. The molecular formula is C16H24N2O. The Labute approximate surface area is 115 Å². The average molecular weight is 260 g/mol. The van der Waals surface area contributed by atoms with Gasteiger partial charge in [0.2, 0.25) is 0 Å². The van der Waals surface area contributed by atoms with Gasteiger partial charge in [-0.25, -0.2) is 0 Å². The maximum absolute atomic E-state index is 12.3. The summed E-state index contributed by atoms with van der Waals surface area (Å²) in [5.41, 5.74) is 1.70. The van der Waals surface area contributed by atoms with E-state index in [0.717, 1.165) is 43.0 Å². The number of amides is 1. The Kier molecular flexibility index (Phi) is 4.83. The third-order valence-corrected chi connectivity index (χ3v) is 3.77. The molecule has 0 radical (unpaired) electrons. The van der Waals surface area contributed by atoms with Crippen molar-refractivity contribution in [3.8, 4) is 0 Å². The van der Waals surface area contributed by atoms with Gasteiger partial charge >= 0.3 is 0 Å². The third kappa shape index (κ3) is 3.72. The quantitative estimate of drug-likeness (QED) is 0.851. The number of carbonyl (C=O) groups excluding carboxylic acids is 1. The fourth-order valence-electron chi connectivity index (χ4n) is 2.70. The number of hydrogen-bond donors (Lipinski definition) is 2. The zero-order valence-corrected chi connectivity index (χ0v) is 11.9. The molecular weight excluding hydrogens is 236 g/mol. The van der Waals surface area contributed by atoms with Crippen LogP contribution >= 0.6 is 0 Å². The van der Waals surface area contributed by atoms with E-state index in [-0.39, 0.29) is 5.91 Å². The van der Waals surface area contributed by atoms with Crippen LogP contribution < -0.4 is 10.6 Å². The minimum Gasteiger partial charge on any atom is -0.384 e. The van der Waals surface area contributed by atoms with Crippen LogP contribution in [-0.4, -0.2) is 18.5 Å². The molecule has 1 fully saturated rings. The lowest BCUT2D eigenvalue weighted by Gasteiger charge is -2.15. The minimum atomic E-state index is 0.0540. The highest BCUT2D eigenvalue weighted by atomic mass is 16.1. The number of para-hydroxylation sites is 1. The lowest BCUT2D eigenvalue weighted by atomic mass is 10.1. The van der Waals surface area contributed by atoms with Gasteiger partial charge in [-0.15, -0.1) is 0 Å². The fraction of sp³-hybridized carbons (Fsp3) is 0.562. The summed E-state index contributed by atoms with van der Waals surface area (Å²) in [5, 5.41) is 6.48. The summed E-state index contributed by atoms with van der Waals surface area (Å²) in [6, 6.07) is 8.10. The van der Waals surface area contributed by atoms with Crippen molar-refractivity contribution < 1.29 is 4.79 Å². The summed E-state index contributed by atoms with van der Waals surface area (Å²) >= 11 is 0. The Morgan fingerprint density at radius 2 is 2.11 bits per heavy atom. The Bertz CT molecular complexity index is 431. The summed E-state index contributed by atoms with van der Waals surface area (Å²) in [4.78, 5) is 12.3. The lowest BCUT2D eigenvalue weighted by molar-refractivity contribution is 0.0938. The van der Waals surface area contributed by atoms with E-state index in [1.165, 1.54) is 6.42 Å². The van der Waals surface area contributed by atoms with Crippen LogP contribution in [-0.2, 0) is 0 Å². The molecule has 0 bridgehead atoms. The van der Waals surface area contributed by atoms with Crippen LogP contribution in [0.25, 0.3) is 0 Å². The number of anilines is 1. The topological polar surface area (TPSA) is 41.1 Å². The maximum Gasteiger partial charge on any atom is 0.253 e. The first-order chi connectivity index (χ1) is 9.20. The lowest BCUT2D eigenvalue weighted by Crippen LogP contribution is -2.33. The summed E-state index contributed by atoms with van der Waals surface area (Å²) < 4.78 is 0. The molecule has 0 aromatic heterocycles. The second kappa shape index (κ2) is 6.60. The molecule has 1 aliphatic carbocycles. The van der Waals surface area contributed by atoms with Gasteiger partial charge in [-0.1, -0.05) is 26.0 Å². The second-order valence-corrected chi connectivity index (χ2v) is 5.56. The molecule has 1 saturated carbocycles. The molecule has 1 amide bonds. The Morgan fingerprint density at radius 3 is 2.79 bits per heavy atom. The molecule has 3 heteroatoms. The molecule has 2 rings (SSSR count). The van der Waals surface area contributed by atoms with E-state index in [4.69, 9.17) is 0 Å². The zero-order chi connectivity index (χ0) is 13.7. The molecule has 1 aliphatic rings. The van der Waals surface area contributed by atoms with Crippen molar-refractivity contribution >= 4 is 11.6 Å². The normalized spacial score (nSPS) is 22.2. The maximum atomic E-state index is 12.3. The molecule has 0 spiro atoms. The second-order valence-electron chi connectivity index (χ2n) is 5.56. The van der Waals surface area contributed by atoms with Gasteiger partial charge in [-0.3, -0.25) is 4.79 Å². The van der Waals surface area contributed by atoms with Crippen molar-refractivity contribution in [3.05, 3.63) is 29.8 Å². The monoisotopic (exact) mass is 260 g/mol. The van der Waals surface area contributed by atoms with E-state index >= 15 is 0 Å². The fourth-order valence-corrected chi connectivity index (χ4v) is 2.70. The molecule has 0 aliphatic heterocycles. The first-order valence-corrected chi connectivity index (χ1v) is 7.34. The highest BCUT2D eigenvalue weighted by Gasteiger charge is 2.23. The molecule has 1 aromatic rings. The molecule has 104 valence electrons. The minimum absolute atomic E-state index is 0.0540. The number of hydrogen-bond acceptors (Lipinski definition) is 2. The molecule has 19 heavy (non-hydrogen) atoms. The SMILES string of the molecule is CCCNc1ccccc1C(=O)NC1CCC(C)C1. The van der Waals surface area contributed by atoms with Gasteiger partial charge in [0, 0.05) is 18.3 Å². The highest BCUT2D eigenvalue weighted by Crippen LogP contribution is 2.25. The van der Waals surface area contributed by atoms with Crippen LogP contribution in [0.2, 0.25) is 0 Å². The van der Waals surface area contributed by atoms with Crippen molar-refractivity contribution in [1.29, 1.82) is 0 Å². The highest BCUT2D eigenvalue weighted by molar-refractivity contribution is 5.99. The van der Waals surface area contributed by atoms with Gasteiger partial charge in [0.15, 0.2) is 0 Å².